The highest BCUT2D eigenvalue weighted by Crippen LogP contribution is 2.18. The van der Waals surface area contributed by atoms with Crippen LogP contribution in [0.4, 0.5) is 0 Å². The zero-order chi connectivity index (χ0) is 11.5. The van der Waals surface area contributed by atoms with Crippen molar-refractivity contribution >= 4 is 22.8 Å². The predicted molar refractivity (Wildman–Crippen MR) is 65.4 cm³/mol. The predicted octanol–water partition coefficient (Wildman–Crippen LogP) is 3.11. The van der Waals surface area contributed by atoms with Gasteiger partial charge in [-0.1, -0.05) is 43.0 Å². The summed E-state index contributed by atoms with van der Waals surface area (Å²) in [6, 6.07) is 11.7. The summed E-state index contributed by atoms with van der Waals surface area (Å²) in [6.45, 7) is 3.72. The van der Waals surface area contributed by atoms with Crippen LogP contribution < -0.4 is 0 Å². The molecule has 0 aliphatic carbocycles. The Labute approximate surface area is 93.8 Å². The minimum atomic E-state index is -0.804. The van der Waals surface area contributed by atoms with Gasteiger partial charge in [-0.15, -0.1) is 0 Å². The SMILES string of the molecule is C=Cc1ccc2cc(CC(=O)O)ccc2c1. The lowest BCUT2D eigenvalue weighted by molar-refractivity contribution is -0.136. The van der Waals surface area contributed by atoms with E-state index in [1.165, 1.54) is 0 Å². The fourth-order valence-electron chi connectivity index (χ4n) is 1.73. The Balaban J connectivity index is 2.47. The smallest absolute Gasteiger partial charge is 0.307 e. The van der Waals surface area contributed by atoms with Crippen molar-refractivity contribution in [2.45, 2.75) is 6.42 Å². The van der Waals surface area contributed by atoms with Gasteiger partial charge in [0.2, 0.25) is 0 Å². The van der Waals surface area contributed by atoms with Crippen LogP contribution in [0.2, 0.25) is 0 Å². The average molecular weight is 212 g/mol. The summed E-state index contributed by atoms with van der Waals surface area (Å²) in [5.41, 5.74) is 1.89. The van der Waals surface area contributed by atoms with Crippen LogP contribution in [0.1, 0.15) is 11.1 Å². The standard InChI is InChI=1S/C14H12O2/c1-2-10-3-5-13-8-11(9-14(15)16)4-6-12(13)7-10/h2-8H,1,9H2,(H,15,16). The van der Waals surface area contributed by atoms with Crippen LogP contribution in [0.3, 0.4) is 0 Å². The van der Waals surface area contributed by atoms with Crippen LogP contribution in [0.15, 0.2) is 43.0 Å². The number of benzene rings is 2. The number of rotatable bonds is 3. The molecule has 0 aliphatic heterocycles. The van der Waals surface area contributed by atoms with Crippen LogP contribution in [0, 0.1) is 0 Å². The minimum absolute atomic E-state index is 0.0686. The second kappa shape index (κ2) is 4.19. The maximum absolute atomic E-state index is 10.6. The molecule has 0 unspecified atom stereocenters. The molecular formula is C14H12O2. The molecule has 1 N–H and O–H groups in total. The summed E-state index contributed by atoms with van der Waals surface area (Å²) >= 11 is 0. The number of fused-ring (bicyclic) bond motifs is 1. The van der Waals surface area contributed by atoms with Crippen molar-refractivity contribution in [3.05, 3.63) is 54.1 Å². The zero-order valence-corrected chi connectivity index (χ0v) is 8.81. The topological polar surface area (TPSA) is 37.3 Å². The lowest BCUT2D eigenvalue weighted by atomic mass is 10.0. The highest BCUT2D eigenvalue weighted by Gasteiger charge is 2.01. The fraction of sp³-hybridized carbons (Fsp3) is 0.0714. The van der Waals surface area contributed by atoms with E-state index in [2.05, 4.69) is 6.58 Å². The van der Waals surface area contributed by atoms with Crippen LogP contribution >= 0.6 is 0 Å². The van der Waals surface area contributed by atoms with Crippen molar-refractivity contribution in [1.29, 1.82) is 0 Å². The number of aliphatic carboxylic acids is 1. The van der Waals surface area contributed by atoms with E-state index in [0.29, 0.717) is 0 Å². The van der Waals surface area contributed by atoms with E-state index in [4.69, 9.17) is 5.11 Å². The van der Waals surface area contributed by atoms with Gasteiger partial charge in [-0.05, 0) is 28.0 Å². The van der Waals surface area contributed by atoms with Crippen molar-refractivity contribution in [1.82, 2.24) is 0 Å². The molecule has 80 valence electrons. The molecule has 16 heavy (non-hydrogen) atoms. The van der Waals surface area contributed by atoms with Gasteiger partial charge < -0.3 is 5.11 Å². The van der Waals surface area contributed by atoms with Crippen LogP contribution in [-0.2, 0) is 11.2 Å². The van der Waals surface area contributed by atoms with Gasteiger partial charge in [0.15, 0.2) is 0 Å². The molecule has 0 bridgehead atoms. The van der Waals surface area contributed by atoms with Crippen molar-refractivity contribution in [3.63, 3.8) is 0 Å². The van der Waals surface area contributed by atoms with Crippen LogP contribution in [0.25, 0.3) is 16.8 Å². The Bertz CT molecular complexity index is 556. The van der Waals surface area contributed by atoms with Gasteiger partial charge in [0, 0.05) is 0 Å². The van der Waals surface area contributed by atoms with Gasteiger partial charge in [-0.2, -0.15) is 0 Å². The fourth-order valence-corrected chi connectivity index (χ4v) is 1.73. The molecule has 0 radical (unpaired) electrons. The molecule has 0 amide bonds. The van der Waals surface area contributed by atoms with Crippen molar-refractivity contribution in [3.8, 4) is 0 Å². The number of hydrogen-bond acceptors (Lipinski definition) is 1. The van der Waals surface area contributed by atoms with Gasteiger partial charge in [-0.3, -0.25) is 4.79 Å². The minimum Gasteiger partial charge on any atom is -0.481 e. The lowest BCUT2D eigenvalue weighted by Gasteiger charge is -2.02. The monoisotopic (exact) mass is 212 g/mol. The van der Waals surface area contributed by atoms with E-state index >= 15 is 0 Å². The maximum Gasteiger partial charge on any atom is 0.307 e. The molecule has 2 rings (SSSR count). The quantitative estimate of drug-likeness (QED) is 0.848. The van der Waals surface area contributed by atoms with Gasteiger partial charge in [0.25, 0.3) is 0 Å². The van der Waals surface area contributed by atoms with Crippen molar-refractivity contribution in [2.75, 3.05) is 0 Å². The third kappa shape index (κ3) is 2.11. The van der Waals surface area contributed by atoms with E-state index in [0.717, 1.165) is 21.9 Å². The summed E-state index contributed by atoms with van der Waals surface area (Å²) in [5, 5.41) is 10.9. The van der Waals surface area contributed by atoms with Crippen molar-refractivity contribution < 1.29 is 9.90 Å². The van der Waals surface area contributed by atoms with Crippen molar-refractivity contribution in [2.24, 2.45) is 0 Å². The second-order valence-corrected chi connectivity index (χ2v) is 3.72. The first-order valence-electron chi connectivity index (χ1n) is 5.06. The van der Waals surface area contributed by atoms with Gasteiger partial charge in [0.1, 0.15) is 0 Å². The van der Waals surface area contributed by atoms with Gasteiger partial charge >= 0.3 is 5.97 Å². The summed E-state index contributed by atoms with van der Waals surface area (Å²) < 4.78 is 0. The molecule has 0 saturated heterocycles. The Hall–Kier alpha value is -2.09. The molecule has 0 aromatic heterocycles. The third-order valence-corrected chi connectivity index (χ3v) is 2.52. The van der Waals surface area contributed by atoms with Crippen LogP contribution in [-0.4, -0.2) is 11.1 Å². The summed E-state index contributed by atoms with van der Waals surface area (Å²) in [7, 11) is 0. The number of carboxylic acids is 1. The molecule has 2 aromatic carbocycles. The number of carboxylic acid groups (broad SMARTS) is 1. The molecule has 0 fully saturated rings. The molecule has 0 atom stereocenters. The molecular weight excluding hydrogens is 200 g/mol. The molecule has 0 saturated carbocycles. The normalized spacial score (nSPS) is 10.2. The van der Waals surface area contributed by atoms with Gasteiger partial charge in [-0.25, -0.2) is 0 Å². The zero-order valence-electron chi connectivity index (χ0n) is 8.81. The Morgan fingerprint density at radius 3 is 2.56 bits per heavy atom. The first kappa shape index (κ1) is 10.4. The first-order valence-corrected chi connectivity index (χ1v) is 5.06. The number of hydrogen-bond donors (Lipinski definition) is 1. The summed E-state index contributed by atoms with van der Waals surface area (Å²) in [6.07, 6.45) is 1.86. The first-order chi connectivity index (χ1) is 7.69. The average Bonchev–Trinajstić information content (AvgIpc) is 2.27. The largest absolute Gasteiger partial charge is 0.481 e. The van der Waals surface area contributed by atoms with Gasteiger partial charge in [0.05, 0.1) is 6.42 Å². The van der Waals surface area contributed by atoms with E-state index in [9.17, 15) is 4.79 Å². The molecule has 2 nitrogen and oxygen atoms in total. The molecule has 0 heterocycles. The highest BCUT2D eigenvalue weighted by atomic mass is 16.4. The maximum atomic E-state index is 10.6. The Kier molecular flexibility index (Phi) is 2.73. The second-order valence-electron chi connectivity index (χ2n) is 3.72. The Morgan fingerprint density at radius 1 is 1.19 bits per heavy atom. The molecule has 0 spiro atoms. The lowest BCUT2D eigenvalue weighted by Crippen LogP contribution is -1.99. The Morgan fingerprint density at radius 2 is 1.88 bits per heavy atom. The summed E-state index contributed by atoms with van der Waals surface area (Å²) in [4.78, 5) is 10.6. The summed E-state index contributed by atoms with van der Waals surface area (Å²) in [5.74, 6) is -0.804. The van der Waals surface area contributed by atoms with E-state index in [1.54, 1.807) is 6.08 Å². The van der Waals surface area contributed by atoms with E-state index in [1.807, 2.05) is 36.4 Å². The molecule has 2 aromatic rings. The molecule has 2 heteroatoms. The van der Waals surface area contributed by atoms with E-state index < -0.39 is 5.97 Å². The van der Waals surface area contributed by atoms with E-state index in [-0.39, 0.29) is 6.42 Å². The highest BCUT2D eigenvalue weighted by molar-refractivity contribution is 5.86. The third-order valence-electron chi connectivity index (χ3n) is 2.52. The van der Waals surface area contributed by atoms with Crippen LogP contribution in [0.5, 0.6) is 0 Å². The molecule has 0 aliphatic rings. The number of carbonyl (C=O) groups is 1.